The molecule has 0 amide bonds. The summed E-state index contributed by atoms with van der Waals surface area (Å²) in [5.74, 6) is 3.59. The van der Waals surface area contributed by atoms with E-state index < -0.39 is 0 Å². The second kappa shape index (κ2) is 10.9. The van der Waals surface area contributed by atoms with Gasteiger partial charge >= 0.3 is 0 Å². The molecule has 3 aliphatic heterocycles. The molecule has 0 aromatic carbocycles. The molecule has 7 heteroatoms. The standard InChI is InChI=1S/C20H38N4O2S/c1-4-21-20(24-8-12-27-19(14-24)16(2)3)22-13-18(17-5-9-26-15-17)23-6-10-25-11-7-23/h16-19H,4-15H2,1-3H3,(H,21,22). The molecule has 0 bridgehead atoms. The number of hydrogen-bond donors (Lipinski definition) is 1. The van der Waals surface area contributed by atoms with Crippen LogP contribution in [-0.4, -0.2) is 98.5 Å². The van der Waals surface area contributed by atoms with Gasteiger partial charge in [0.05, 0.1) is 26.4 Å². The van der Waals surface area contributed by atoms with Crippen molar-refractivity contribution >= 4 is 17.7 Å². The smallest absolute Gasteiger partial charge is 0.194 e. The SMILES string of the molecule is CCNC(=NCC(C1CCOC1)N1CCOCC1)N1CCSC(C(C)C)C1. The number of nitrogens with zero attached hydrogens (tertiary/aromatic N) is 3. The van der Waals surface area contributed by atoms with Gasteiger partial charge in [-0.1, -0.05) is 13.8 Å². The maximum atomic E-state index is 5.70. The molecule has 0 aliphatic carbocycles. The molecular formula is C20H38N4O2S. The van der Waals surface area contributed by atoms with E-state index in [1.807, 2.05) is 0 Å². The van der Waals surface area contributed by atoms with Crippen LogP contribution in [0.3, 0.4) is 0 Å². The van der Waals surface area contributed by atoms with Gasteiger partial charge in [-0.15, -0.1) is 0 Å². The number of morpholine rings is 1. The van der Waals surface area contributed by atoms with E-state index in [-0.39, 0.29) is 0 Å². The molecule has 0 radical (unpaired) electrons. The molecule has 3 unspecified atom stereocenters. The number of thioether (sulfide) groups is 1. The summed E-state index contributed by atoms with van der Waals surface area (Å²) in [4.78, 5) is 10.2. The zero-order valence-corrected chi connectivity index (χ0v) is 18.2. The summed E-state index contributed by atoms with van der Waals surface area (Å²) in [7, 11) is 0. The minimum atomic E-state index is 0.463. The second-order valence-electron chi connectivity index (χ2n) is 8.13. The fraction of sp³-hybridized carbons (Fsp3) is 0.950. The molecule has 3 heterocycles. The first-order valence-electron chi connectivity index (χ1n) is 10.7. The van der Waals surface area contributed by atoms with Crippen molar-refractivity contribution in [2.75, 3.05) is 71.4 Å². The fourth-order valence-corrected chi connectivity index (χ4v) is 5.50. The molecule has 0 aromatic heterocycles. The molecule has 6 nitrogen and oxygen atoms in total. The Morgan fingerprint density at radius 2 is 2.00 bits per heavy atom. The molecule has 0 aromatic rings. The van der Waals surface area contributed by atoms with E-state index in [9.17, 15) is 0 Å². The number of nitrogens with one attached hydrogen (secondary N) is 1. The number of guanidine groups is 1. The van der Waals surface area contributed by atoms with Crippen molar-refractivity contribution in [3.05, 3.63) is 0 Å². The number of rotatable bonds is 6. The van der Waals surface area contributed by atoms with Gasteiger partial charge < -0.3 is 19.7 Å². The summed E-state index contributed by atoms with van der Waals surface area (Å²) < 4.78 is 11.3. The zero-order valence-electron chi connectivity index (χ0n) is 17.4. The molecule has 3 aliphatic rings. The van der Waals surface area contributed by atoms with Crippen LogP contribution in [0.25, 0.3) is 0 Å². The van der Waals surface area contributed by atoms with Crippen molar-refractivity contribution in [2.24, 2.45) is 16.8 Å². The molecular weight excluding hydrogens is 360 g/mol. The maximum Gasteiger partial charge on any atom is 0.194 e. The maximum absolute atomic E-state index is 5.70. The van der Waals surface area contributed by atoms with E-state index >= 15 is 0 Å². The van der Waals surface area contributed by atoms with Crippen LogP contribution in [0.1, 0.15) is 27.2 Å². The van der Waals surface area contributed by atoms with Crippen molar-refractivity contribution in [1.82, 2.24) is 15.1 Å². The van der Waals surface area contributed by atoms with Gasteiger partial charge in [-0.05, 0) is 19.3 Å². The lowest BCUT2D eigenvalue weighted by Gasteiger charge is -2.38. The summed E-state index contributed by atoms with van der Waals surface area (Å²) in [6, 6.07) is 0.463. The van der Waals surface area contributed by atoms with Crippen LogP contribution in [0.4, 0.5) is 0 Å². The van der Waals surface area contributed by atoms with Crippen molar-refractivity contribution in [1.29, 1.82) is 0 Å². The first-order valence-corrected chi connectivity index (χ1v) is 11.8. The van der Waals surface area contributed by atoms with E-state index in [1.54, 1.807) is 0 Å². The van der Waals surface area contributed by atoms with Gasteiger partial charge in [-0.25, -0.2) is 0 Å². The monoisotopic (exact) mass is 398 g/mol. The van der Waals surface area contributed by atoms with Crippen molar-refractivity contribution in [2.45, 2.75) is 38.5 Å². The average Bonchev–Trinajstić information content (AvgIpc) is 3.23. The van der Waals surface area contributed by atoms with Crippen LogP contribution in [0.15, 0.2) is 4.99 Å². The lowest BCUT2D eigenvalue weighted by atomic mass is 9.97. The highest BCUT2D eigenvalue weighted by molar-refractivity contribution is 8.00. The van der Waals surface area contributed by atoms with E-state index in [4.69, 9.17) is 14.5 Å². The van der Waals surface area contributed by atoms with E-state index in [0.29, 0.717) is 23.1 Å². The van der Waals surface area contributed by atoms with Gasteiger partial charge in [0, 0.05) is 62.3 Å². The van der Waals surface area contributed by atoms with Gasteiger partial charge in [0.1, 0.15) is 0 Å². The first-order chi connectivity index (χ1) is 13.2. The second-order valence-corrected chi connectivity index (χ2v) is 9.48. The van der Waals surface area contributed by atoms with Crippen molar-refractivity contribution in [3.63, 3.8) is 0 Å². The van der Waals surface area contributed by atoms with Gasteiger partial charge in [0.15, 0.2) is 5.96 Å². The van der Waals surface area contributed by atoms with Gasteiger partial charge in [0.25, 0.3) is 0 Å². The molecule has 3 atom stereocenters. The van der Waals surface area contributed by atoms with Crippen LogP contribution in [0, 0.1) is 11.8 Å². The molecule has 156 valence electrons. The third kappa shape index (κ3) is 5.99. The highest BCUT2D eigenvalue weighted by atomic mass is 32.2. The molecule has 27 heavy (non-hydrogen) atoms. The van der Waals surface area contributed by atoms with Crippen LogP contribution >= 0.6 is 11.8 Å². The van der Waals surface area contributed by atoms with Crippen LogP contribution in [0.5, 0.6) is 0 Å². The summed E-state index contributed by atoms with van der Waals surface area (Å²) in [6.45, 7) is 16.3. The van der Waals surface area contributed by atoms with Crippen LogP contribution in [-0.2, 0) is 9.47 Å². The largest absolute Gasteiger partial charge is 0.381 e. The molecule has 3 saturated heterocycles. The van der Waals surface area contributed by atoms with E-state index in [2.05, 4.69) is 47.6 Å². The average molecular weight is 399 g/mol. The van der Waals surface area contributed by atoms with Gasteiger partial charge in [-0.2, -0.15) is 11.8 Å². The van der Waals surface area contributed by atoms with Crippen LogP contribution < -0.4 is 5.32 Å². The predicted octanol–water partition coefficient (Wildman–Crippen LogP) is 1.76. The third-order valence-electron chi connectivity index (χ3n) is 5.92. The molecule has 3 rings (SSSR count). The van der Waals surface area contributed by atoms with E-state index in [0.717, 1.165) is 78.1 Å². The summed E-state index contributed by atoms with van der Waals surface area (Å²) >= 11 is 2.11. The third-order valence-corrected chi connectivity index (χ3v) is 7.46. The predicted molar refractivity (Wildman–Crippen MR) is 114 cm³/mol. The normalized spacial score (nSPS) is 29.3. The van der Waals surface area contributed by atoms with E-state index in [1.165, 1.54) is 5.75 Å². The number of ether oxygens (including phenoxy) is 2. The summed E-state index contributed by atoms with van der Waals surface area (Å²) in [5.41, 5.74) is 0. The Labute approximate surface area is 169 Å². The Morgan fingerprint density at radius 3 is 2.67 bits per heavy atom. The Kier molecular flexibility index (Phi) is 8.55. The topological polar surface area (TPSA) is 49.3 Å². The molecule has 0 saturated carbocycles. The Balaban J connectivity index is 1.68. The number of hydrogen-bond acceptors (Lipinski definition) is 5. The lowest BCUT2D eigenvalue weighted by Crippen LogP contribution is -2.51. The molecule has 0 spiro atoms. The summed E-state index contributed by atoms with van der Waals surface area (Å²) in [5, 5.41) is 4.25. The number of aliphatic imine (C=N–C) groups is 1. The van der Waals surface area contributed by atoms with Crippen molar-refractivity contribution in [3.8, 4) is 0 Å². The molecule has 3 fully saturated rings. The minimum absolute atomic E-state index is 0.463. The zero-order chi connectivity index (χ0) is 19.1. The van der Waals surface area contributed by atoms with Gasteiger partial charge in [0.2, 0.25) is 0 Å². The van der Waals surface area contributed by atoms with Crippen LogP contribution in [0.2, 0.25) is 0 Å². The Hall–Kier alpha value is -0.500. The highest BCUT2D eigenvalue weighted by Crippen LogP contribution is 2.26. The Morgan fingerprint density at radius 1 is 1.19 bits per heavy atom. The van der Waals surface area contributed by atoms with Crippen molar-refractivity contribution < 1.29 is 9.47 Å². The summed E-state index contributed by atoms with van der Waals surface area (Å²) in [6.07, 6.45) is 1.16. The Bertz CT molecular complexity index is 465. The minimum Gasteiger partial charge on any atom is -0.381 e. The fourth-order valence-electron chi connectivity index (χ4n) is 4.20. The molecule has 1 N–H and O–H groups in total. The quantitative estimate of drug-likeness (QED) is 0.544. The first kappa shape index (κ1) is 21.2. The highest BCUT2D eigenvalue weighted by Gasteiger charge is 2.32. The lowest BCUT2D eigenvalue weighted by molar-refractivity contribution is 0.00363. The van der Waals surface area contributed by atoms with Gasteiger partial charge in [-0.3, -0.25) is 9.89 Å².